The second-order valence-electron chi connectivity index (χ2n) is 4.58. The van der Waals surface area contributed by atoms with Crippen LogP contribution in [-0.2, 0) is 6.42 Å². The van der Waals surface area contributed by atoms with E-state index in [-0.39, 0.29) is 17.4 Å². The van der Waals surface area contributed by atoms with Gasteiger partial charge in [-0.15, -0.1) is 0 Å². The number of nitro benzene ring substituents is 2. The first-order chi connectivity index (χ1) is 9.97. The molecule has 1 unspecified atom stereocenters. The number of benzene rings is 2. The van der Waals surface area contributed by atoms with Crippen LogP contribution in [0.2, 0.25) is 0 Å². The first-order valence-electron chi connectivity index (χ1n) is 6.20. The fourth-order valence-electron chi connectivity index (χ4n) is 1.97. The van der Waals surface area contributed by atoms with Crippen LogP contribution in [0.25, 0.3) is 0 Å². The fraction of sp³-hybridized carbons (Fsp3) is 0.143. The molecular weight excluding hydrogens is 274 g/mol. The van der Waals surface area contributed by atoms with E-state index in [1.165, 1.54) is 24.3 Å². The van der Waals surface area contributed by atoms with Crippen molar-refractivity contribution in [2.75, 3.05) is 0 Å². The van der Waals surface area contributed by atoms with E-state index in [0.717, 1.165) is 11.1 Å². The molecule has 1 atom stereocenters. The van der Waals surface area contributed by atoms with E-state index in [1.54, 1.807) is 24.3 Å². The van der Waals surface area contributed by atoms with Crippen molar-refractivity contribution in [2.24, 2.45) is 5.73 Å². The van der Waals surface area contributed by atoms with Gasteiger partial charge in [-0.3, -0.25) is 20.2 Å². The van der Waals surface area contributed by atoms with Crippen LogP contribution in [0, 0.1) is 20.2 Å². The van der Waals surface area contributed by atoms with Crippen LogP contribution >= 0.6 is 0 Å². The molecule has 0 saturated heterocycles. The first kappa shape index (κ1) is 14.6. The lowest BCUT2D eigenvalue weighted by molar-refractivity contribution is -0.385. The largest absolute Gasteiger partial charge is 0.324 e. The quantitative estimate of drug-likeness (QED) is 0.671. The number of nitrogens with two attached hydrogens (primary N) is 1. The molecule has 0 aliphatic carbocycles. The van der Waals surface area contributed by atoms with Gasteiger partial charge in [0.2, 0.25) is 0 Å². The maximum absolute atomic E-state index is 10.6. The summed E-state index contributed by atoms with van der Waals surface area (Å²) in [6.45, 7) is 0. The summed E-state index contributed by atoms with van der Waals surface area (Å²) in [5.41, 5.74) is 7.74. The van der Waals surface area contributed by atoms with Crippen molar-refractivity contribution < 1.29 is 9.85 Å². The predicted octanol–water partition coefficient (Wildman–Crippen LogP) is 2.75. The molecule has 0 aromatic heterocycles. The Bertz CT molecular complexity index is 653. The molecule has 21 heavy (non-hydrogen) atoms. The third-order valence-corrected chi connectivity index (χ3v) is 3.13. The van der Waals surface area contributed by atoms with Crippen molar-refractivity contribution in [3.05, 3.63) is 79.9 Å². The van der Waals surface area contributed by atoms with Crippen molar-refractivity contribution in [1.29, 1.82) is 0 Å². The molecule has 2 N–H and O–H groups in total. The number of hydrogen-bond donors (Lipinski definition) is 1. The molecule has 108 valence electrons. The molecule has 0 heterocycles. The van der Waals surface area contributed by atoms with Crippen molar-refractivity contribution in [2.45, 2.75) is 12.5 Å². The van der Waals surface area contributed by atoms with E-state index in [9.17, 15) is 20.2 Å². The van der Waals surface area contributed by atoms with Gasteiger partial charge in [0, 0.05) is 30.3 Å². The molecule has 7 heteroatoms. The molecule has 0 fully saturated rings. The van der Waals surface area contributed by atoms with Gasteiger partial charge in [0.05, 0.1) is 9.85 Å². The zero-order valence-electron chi connectivity index (χ0n) is 11.0. The summed E-state index contributed by atoms with van der Waals surface area (Å²) in [5.74, 6) is 0. The minimum atomic E-state index is -0.467. The Balaban J connectivity index is 2.08. The Morgan fingerprint density at radius 2 is 1.29 bits per heavy atom. The van der Waals surface area contributed by atoms with Crippen LogP contribution in [0.4, 0.5) is 11.4 Å². The lowest BCUT2D eigenvalue weighted by Gasteiger charge is -2.11. The van der Waals surface area contributed by atoms with Crippen molar-refractivity contribution in [3.8, 4) is 0 Å². The smallest absolute Gasteiger partial charge is 0.269 e. The van der Waals surface area contributed by atoms with Crippen molar-refractivity contribution >= 4 is 11.4 Å². The fourth-order valence-corrected chi connectivity index (χ4v) is 1.97. The minimum absolute atomic E-state index is 0.0151. The summed E-state index contributed by atoms with van der Waals surface area (Å²) in [7, 11) is 0. The van der Waals surface area contributed by atoms with Crippen molar-refractivity contribution in [3.63, 3.8) is 0 Å². The van der Waals surface area contributed by atoms with Gasteiger partial charge in [0.25, 0.3) is 11.4 Å². The molecule has 0 aliphatic rings. The molecule has 0 aliphatic heterocycles. The Hall–Kier alpha value is -2.80. The van der Waals surface area contributed by atoms with Gasteiger partial charge in [-0.05, 0) is 17.5 Å². The summed E-state index contributed by atoms with van der Waals surface area (Å²) < 4.78 is 0. The second kappa shape index (κ2) is 6.10. The normalized spacial score (nSPS) is 11.9. The van der Waals surface area contributed by atoms with Crippen LogP contribution in [-0.4, -0.2) is 9.85 Å². The number of hydrogen-bond acceptors (Lipinski definition) is 5. The summed E-state index contributed by atoms with van der Waals surface area (Å²) in [6, 6.07) is 11.9. The van der Waals surface area contributed by atoms with Crippen LogP contribution < -0.4 is 5.73 Å². The number of nitro groups is 2. The monoisotopic (exact) mass is 287 g/mol. The standard InChI is InChI=1S/C14H13N3O4/c15-14(11-3-7-13(8-4-11)17(20)21)9-10-1-5-12(6-2-10)16(18)19/h1-8,14H,9,15H2. The lowest BCUT2D eigenvalue weighted by atomic mass is 9.99. The Morgan fingerprint density at radius 1 is 0.857 bits per heavy atom. The van der Waals surface area contributed by atoms with Crippen molar-refractivity contribution in [1.82, 2.24) is 0 Å². The average Bonchev–Trinajstić information content (AvgIpc) is 2.47. The van der Waals surface area contributed by atoms with Gasteiger partial charge < -0.3 is 5.73 Å². The third-order valence-electron chi connectivity index (χ3n) is 3.13. The lowest BCUT2D eigenvalue weighted by Crippen LogP contribution is -2.13. The van der Waals surface area contributed by atoms with Crippen LogP contribution in [0.15, 0.2) is 48.5 Å². The van der Waals surface area contributed by atoms with E-state index in [0.29, 0.717) is 6.42 Å². The highest BCUT2D eigenvalue weighted by Gasteiger charge is 2.11. The molecule has 0 spiro atoms. The first-order valence-corrected chi connectivity index (χ1v) is 6.20. The highest BCUT2D eigenvalue weighted by atomic mass is 16.6. The maximum atomic E-state index is 10.6. The van der Waals surface area contributed by atoms with E-state index < -0.39 is 9.85 Å². The molecule has 2 aromatic rings. The topological polar surface area (TPSA) is 112 Å². The Labute approximate surface area is 120 Å². The molecule has 0 amide bonds. The second-order valence-corrected chi connectivity index (χ2v) is 4.58. The van der Waals surface area contributed by atoms with Gasteiger partial charge >= 0.3 is 0 Å². The molecule has 7 nitrogen and oxygen atoms in total. The van der Waals surface area contributed by atoms with Gasteiger partial charge in [-0.2, -0.15) is 0 Å². The highest BCUT2D eigenvalue weighted by Crippen LogP contribution is 2.20. The Morgan fingerprint density at radius 3 is 1.71 bits per heavy atom. The van der Waals surface area contributed by atoms with Gasteiger partial charge in [0.1, 0.15) is 0 Å². The van der Waals surface area contributed by atoms with Crippen LogP contribution in [0.3, 0.4) is 0 Å². The summed E-state index contributed by atoms with van der Waals surface area (Å²) in [6.07, 6.45) is 0.496. The zero-order chi connectivity index (χ0) is 15.4. The SMILES string of the molecule is NC(Cc1ccc([N+](=O)[O-])cc1)c1ccc([N+](=O)[O-])cc1. The highest BCUT2D eigenvalue weighted by molar-refractivity contribution is 5.36. The summed E-state index contributed by atoms with van der Waals surface area (Å²) in [5, 5.41) is 21.1. The van der Waals surface area contributed by atoms with E-state index in [2.05, 4.69) is 0 Å². The summed E-state index contributed by atoms with van der Waals surface area (Å²) >= 11 is 0. The number of nitrogens with zero attached hydrogens (tertiary/aromatic N) is 2. The van der Waals surface area contributed by atoms with Gasteiger partial charge in [0.15, 0.2) is 0 Å². The predicted molar refractivity (Wildman–Crippen MR) is 76.8 cm³/mol. The molecular formula is C14H13N3O4. The average molecular weight is 287 g/mol. The van der Waals surface area contributed by atoms with Crippen LogP contribution in [0.1, 0.15) is 17.2 Å². The van der Waals surface area contributed by atoms with E-state index in [4.69, 9.17) is 5.73 Å². The molecule has 2 aromatic carbocycles. The number of rotatable bonds is 5. The van der Waals surface area contributed by atoms with Crippen LogP contribution in [0.5, 0.6) is 0 Å². The van der Waals surface area contributed by atoms with Gasteiger partial charge in [-0.25, -0.2) is 0 Å². The molecule has 0 saturated carbocycles. The third kappa shape index (κ3) is 3.61. The zero-order valence-corrected chi connectivity index (χ0v) is 11.0. The Kier molecular flexibility index (Phi) is 4.24. The molecule has 2 rings (SSSR count). The molecule has 0 bridgehead atoms. The number of non-ortho nitro benzene ring substituents is 2. The molecule has 0 radical (unpaired) electrons. The van der Waals surface area contributed by atoms with Gasteiger partial charge in [-0.1, -0.05) is 24.3 Å². The maximum Gasteiger partial charge on any atom is 0.269 e. The van der Waals surface area contributed by atoms with E-state index in [1.807, 2.05) is 0 Å². The minimum Gasteiger partial charge on any atom is -0.324 e. The summed E-state index contributed by atoms with van der Waals surface area (Å²) in [4.78, 5) is 20.2. The van der Waals surface area contributed by atoms with E-state index >= 15 is 0 Å².